The van der Waals surface area contributed by atoms with Gasteiger partial charge in [0.15, 0.2) is 11.5 Å². The van der Waals surface area contributed by atoms with Crippen LogP contribution >= 0.6 is 11.6 Å². The maximum absolute atomic E-state index is 13.5. The molecule has 3 heterocycles. The number of nitrogens with zero attached hydrogens (tertiary/aromatic N) is 3. The first-order chi connectivity index (χ1) is 17.0. The Hall–Kier alpha value is -4.23. The lowest BCUT2D eigenvalue weighted by Gasteiger charge is -2.07. The van der Waals surface area contributed by atoms with Crippen molar-refractivity contribution in [1.29, 1.82) is 0 Å². The zero-order valence-corrected chi connectivity index (χ0v) is 19.7. The van der Waals surface area contributed by atoms with Crippen molar-refractivity contribution in [3.8, 4) is 17.2 Å². The smallest absolute Gasteiger partial charge is 0.265 e. The lowest BCUT2D eigenvalue weighted by atomic mass is 10.0. The first kappa shape index (κ1) is 22.6. The molecule has 0 spiro atoms. The minimum atomic E-state index is -0.325. The number of methoxy groups -OCH3 is 1. The van der Waals surface area contributed by atoms with Gasteiger partial charge in [-0.1, -0.05) is 17.7 Å². The summed E-state index contributed by atoms with van der Waals surface area (Å²) in [6.07, 6.45) is 3.12. The summed E-state index contributed by atoms with van der Waals surface area (Å²) in [7, 11) is 1.57. The maximum atomic E-state index is 13.5. The van der Waals surface area contributed by atoms with Crippen molar-refractivity contribution in [1.82, 2.24) is 14.5 Å². The quantitative estimate of drug-likeness (QED) is 0.272. The summed E-state index contributed by atoms with van der Waals surface area (Å²) >= 11 is 6.00. The molecule has 0 aliphatic carbocycles. The van der Waals surface area contributed by atoms with Crippen molar-refractivity contribution in [2.24, 2.45) is 0 Å². The van der Waals surface area contributed by atoms with Crippen LogP contribution in [-0.2, 0) is 6.54 Å². The molecule has 0 atom stereocenters. The lowest BCUT2D eigenvalue weighted by Crippen LogP contribution is -2.13. The average Bonchev–Trinajstić information content (AvgIpc) is 3.48. The standard InChI is InChI=1S/C27H20ClN3O4/c1-16-25(26(33)17-6-8-18(28)9-7-17)20-13-19(34-2)10-11-22(20)31(16)15-23(32)27-30-14-24(35-27)21-5-3-4-12-29-21/h3-14H,15H2,1-2H3. The number of hydrogen-bond acceptors (Lipinski definition) is 6. The van der Waals surface area contributed by atoms with Crippen molar-refractivity contribution in [2.75, 3.05) is 7.11 Å². The van der Waals surface area contributed by atoms with Crippen LogP contribution in [0.5, 0.6) is 5.75 Å². The molecule has 3 aromatic heterocycles. The first-order valence-electron chi connectivity index (χ1n) is 10.8. The van der Waals surface area contributed by atoms with E-state index in [-0.39, 0.29) is 24.0 Å². The molecule has 0 radical (unpaired) electrons. The van der Waals surface area contributed by atoms with E-state index >= 15 is 0 Å². The highest BCUT2D eigenvalue weighted by molar-refractivity contribution is 6.30. The Morgan fingerprint density at radius 1 is 1.06 bits per heavy atom. The molecule has 0 unspecified atom stereocenters. The maximum Gasteiger partial charge on any atom is 0.265 e. The molecule has 5 aromatic rings. The van der Waals surface area contributed by atoms with E-state index in [1.807, 2.05) is 19.1 Å². The number of ketones is 2. The summed E-state index contributed by atoms with van der Waals surface area (Å²) in [5, 5.41) is 1.24. The van der Waals surface area contributed by atoms with Crippen molar-refractivity contribution in [2.45, 2.75) is 13.5 Å². The second-order valence-corrected chi connectivity index (χ2v) is 8.37. The number of fused-ring (bicyclic) bond motifs is 1. The molecule has 0 saturated heterocycles. The average molecular weight is 486 g/mol. The molecule has 8 heteroatoms. The van der Waals surface area contributed by atoms with Gasteiger partial charge in [0.05, 0.1) is 25.4 Å². The number of pyridine rings is 1. The molecule has 174 valence electrons. The largest absolute Gasteiger partial charge is 0.497 e. The van der Waals surface area contributed by atoms with Gasteiger partial charge in [0.1, 0.15) is 11.4 Å². The number of carbonyl (C=O) groups excluding carboxylic acids is 2. The van der Waals surface area contributed by atoms with Gasteiger partial charge >= 0.3 is 0 Å². The molecule has 0 bridgehead atoms. The summed E-state index contributed by atoms with van der Waals surface area (Å²) in [6, 6.07) is 17.6. The molecular weight excluding hydrogens is 466 g/mol. The van der Waals surface area contributed by atoms with Crippen LogP contribution in [-0.4, -0.2) is 33.2 Å². The zero-order chi connectivity index (χ0) is 24.5. The van der Waals surface area contributed by atoms with Gasteiger partial charge in [-0.2, -0.15) is 0 Å². The minimum Gasteiger partial charge on any atom is -0.497 e. The van der Waals surface area contributed by atoms with Gasteiger partial charge in [-0.3, -0.25) is 14.6 Å². The third kappa shape index (κ3) is 4.22. The molecule has 0 fully saturated rings. The van der Waals surface area contributed by atoms with E-state index in [1.54, 1.807) is 66.4 Å². The SMILES string of the molecule is COc1ccc2c(c1)c(C(=O)c1ccc(Cl)cc1)c(C)n2CC(=O)c1ncc(-c2ccccn2)o1. The highest BCUT2D eigenvalue weighted by Crippen LogP contribution is 2.32. The van der Waals surface area contributed by atoms with Gasteiger partial charge in [0.25, 0.3) is 5.89 Å². The van der Waals surface area contributed by atoms with Gasteiger partial charge in [0, 0.05) is 33.4 Å². The van der Waals surface area contributed by atoms with E-state index in [1.165, 1.54) is 6.20 Å². The van der Waals surface area contributed by atoms with E-state index < -0.39 is 0 Å². The lowest BCUT2D eigenvalue weighted by molar-refractivity contribution is 0.0938. The van der Waals surface area contributed by atoms with Gasteiger partial charge in [0.2, 0.25) is 5.78 Å². The van der Waals surface area contributed by atoms with E-state index in [9.17, 15) is 9.59 Å². The normalized spacial score (nSPS) is 11.1. The van der Waals surface area contributed by atoms with Crippen LogP contribution in [0.3, 0.4) is 0 Å². The monoisotopic (exact) mass is 485 g/mol. The number of Topliss-reactive ketones (excluding diaryl/α,β-unsaturated/α-hetero) is 1. The highest BCUT2D eigenvalue weighted by atomic mass is 35.5. The van der Waals surface area contributed by atoms with E-state index in [4.69, 9.17) is 20.8 Å². The van der Waals surface area contributed by atoms with Gasteiger partial charge < -0.3 is 13.7 Å². The van der Waals surface area contributed by atoms with Crippen LogP contribution in [0.1, 0.15) is 32.3 Å². The van der Waals surface area contributed by atoms with Crippen LogP contribution in [0.25, 0.3) is 22.4 Å². The van der Waals surface area contributed by atoms with E-state index in [0.29, 0.717) is 44.4 Å². The first-order valence-corrected chi connectivity index (χ1v) is 11.2. The number of oxazole rings is 1. The molecular formula is C27H20ClN3O4. The zero-order valence-electron chi connectivity index (χ0n) is 19.0. The topological polar surface area (TPSA) is 87.2 Å². The van der Waals surface area contributed by atoms with Crippen molar-refractivity contribution < 1.29 is 18.7 Å². The Morgan fingerprint density at radius 2 is 1.86 bits per heavy atom. The fraction of sp³-hybridized carbons (Fsp3) is 0.111. The molecule has 0 N–H and O–H groups in total. The van der Waals surface area contributed by atoms with Crippen molar-refractivity contribution in [3.63, 3.8) is 0 Å². The molecule has 5 rings (SSSR count). The number of hydrogen-bond donors (Lipinski definition) is 0. The molecule has 0 amide bonds. The predicted octanol–water partition coefficient (Wildman–Crippen LogP) is 5.78. The Labute approximate surface area is 206 Å². The van der Waals surface area contributed by atoms with Crippen LogP contribution in [0.4, 0.5) is 0 Å². The summed E-state index contributed by atoms with van der Waals surface area (Å²) in [4.78, 5) is 35.0. The Kier molecular flexibility index (Phi) is 5.93. The highest BCUT2D eigenvalue weighted by Gasteiger charge is 2.24. The molecule has 0 saturated carbocycles. The Morgan fingerprint density at radius 3 is 2.57 bits per heavy atom. The minimum absolute atomic E-state index is 0.0222. The number of carbonyl (C=O) groups is 2. The molecule has 0 aliphatic heterocycles. The van der Waals surface area contributed by atoms with E-state index in [0.717, 1.165) is 5.52 Å². The van der Waals surface area contributed by atoms with Gasteiger partial charge in [-0.05, 0) is 61.5 Å². The summed E-state index contributed by atoms with van der Waals surface area (Å²) in [5.41, 5.74) is 2.96. The molecule has 2 aromatic carbocycles. The van der Waals surface area contributed by atoms with Crippen LogP contribution in [0.15, 0.2) is 77.5 Å². The second kappa shape index (κ2) is 9.19. The summed E-state index contributed by atoms with van der Waals surface area (Å²) in [6.45, 7) is 1.77. The third-order valence-electron chi connectivity index (χ3n) is 5.83. The molecule has 35 heavy (non-hydrogen) atoms. The van der Waals surface area contributed by atoms with Crippen molar-refractivity contribution in [3.05, 3.63) is 101 Å². The van der Waals surface area contributed by atoms with Crippen LogP contribution in [0.2, 0.25) is 5.02 Å². The van der Waals surface area contributed by atoms with Crippen LogP contribution < -0.4 is 4.74 Å². The van der Waals surface area contributed by atoms with Gasteiger partial charge in [-0.15, -0.1) is 0 Å². The Balaban J connectivity index is 1.55. The molecule has 7 nitrogen and oxygen atoms in total. The number of ether oxygens (including phenoxy) is 1. The second-order valence-electron chi connectivity index (χ2n) is 7.93. The van der Waals surface area contributed by atoms with Gasteiger partial charge in [-0.25, -0.2) is 4.98 Å². The third-order valence-corrected chi connectivity index (χ3v) is 6.08. The number of benzene rings is 2. The summed E-state index contributed by atoms with van der Waals surface area (Å²) in [5.74, 6) is 0.502. The number of rotatable bonds is 7. The number of aromatic nitrogens is 3. The Bertz CT molecular complexity index is 1550. The fourth-order valence-electron chi connectivity index (χ4n) is 4.07. The van der Waals surface area contributed by atoms with Crippen LogP contribution in [0, 0.1) is 6.92 Å². The summed E-state index contributed by atoms with van der Waals surface area (Å²) < 4.78 is 12.9. The van der Waals surface area contributed by atoms with E-state index in [2.05, 4.69) is 9.97 Å². The number of halogens is 1. The molecule has 0 aliphatic rings. The van der Waals surface area contributed by atoms with Crippen molar-refractivity contribution >= 4 is 34.1 Å². The predicted molar refractivity (Wildman–Crippen MR) is 132 cm³/mol. The fourth-order valence-corrected chi connectivity index (χ4v) is 4.19.